The molecule has 2 N–H and O–H groups in total. The Morgan fingerprint density at radius 2 is 2.12 bits per heavy atom. The molecule has 7 heteroatoms. The molecule has 0 aliphatic carbocycles. The zero-order valence-corrected chi connectivity index (χ0v) is 9.97. The summed E-state index contributed by atoms with van der Waals surface area (Å²) in [5, 5.41) is 2.10. The van der Waals surface area contributed by atoms with Gasteiger partial charge in [-0.1, -0.05) is 13.3 Å². The molecule has 0 aromatic carbocycles. The zero-order chi connectivity index (χ0) is 12.2. The van der Waals surface area contributed by atoms with Crippen molar-refractivity contribution >= 4 is 21.8 Å². The molecule has 1 aliphatic heterocycles. The molecule has 2 amide bonds. The van der Waals surface area contributed by atoms with E-state index in [0.717, 1.165) is 6.42 Å². The van der Waals surface area contributed by atoms with Crippen LogP contribution in [0.1, 0.15) is 32.6 Å². The van der Waals surface area contributed by atoms with Gasteiger partial charge in [0.05, 0.1) is 5.75 Å². The van der Waals surface area contributed by atoms with Crippen molar-refractivity contribution in [2.75, 3.05) is 5.75 Å². The summed E-state index contributed by atoms with van der Waals surface area (Å²) in [6.45, 7) is 1.89. The number of nitrogens with one attached hydrogen (secondary N) is 2. The number of sulfonamides is 1. The maximum absolute atomic E-state index is 11.5. The first-order valence-electron chi connectivity index (χ1n) is 5.28. The van der Waals surface area contributed by atoms with Crippen LogP contribution in [0.25, 0.3) is 0 Å². The SMILES string of the molecule is CCCCS(=O)(=O)NC1CCC(=O)NC1=O. The van der Waals surface area contributed by atoms with E-state index in [1.807, 2.05) is 6.92 Å². The van der Waals surface area contributed by atoms with Gasteiger partial charge in [0.1, 0.15) is 6.04 Å². The topological polar surface area (TPSA) is 92.3 Å². The highest BCUT2D eigenvalue weighted by Gasteiger charge is 2.29. The number of carbonyl (C=O) groups is 2. The summed E-state index contributed by atoms with van der Waals surface area (Å²) in [6, 6.07) is -0.806. The second-order valence-corrected chi connectivity index (χ2v) is 5.67. The number of unbranched alkanes of at least 4 members (excludes halogenated alkanes) is 1. The minimum absolute atomic E-state index is 0.0151. The average molecular weight is 248 g/mol. The van der Waals surface area contributed by atoms with Crippen molar-refractivity contribution in [3.8, 4) is 0 Å². The fourth-order valence-corrected chi connectivity index (χ4v) is 2.86. The Bertz CT molecular complexity index is 377. The molecule has 1 aliphatic rings. The maximum atomic E-state index is 11.5. The van der Waals surface area contributed by atoms with Crippen LogP contribution in [-0.2, 0) is 19.6 Å². The number of piperidine rings is 1. The second kappa shape index (κ2) is 5.40. The summed E-state index contributed by atoms with van der Waals surface area (Å²) < 4.78 is 25.3. The Balaban J connectivity index is 2.53. The van der Waals surface area contributed by atoms with E-state index in [0.29, 0.717) is 6.42 Å². The van der Waals surface area contributed by atoms with E-state index in [2.05, 4.69) is 10.0 Å². The Morgan fingerprint density at radius 3 is 2.69 bits per heavy atom. The van der Waals surface area contributed by atoms with Gasteiger partial charge in [-0.2, -0.15) is 0 Å². The number of amides is 2. The van der Waals surface area contributed by atoms with Crippen LogP contribution in [0.3, 0.4) is 0 Å². The molecular weight excluding hydrogens is 232 g/mol. The Kier molecular flexibility index (Phi) is 4.43. The van der Waals surface area contributed by atoms with E-state index in [1.54, 1.807) is 0 Å². The number of imide groups is 1. The Labute approximate surface area is 94.8 Å². The third kappa shape index (κ3) is 3.90. The molecular formula is C9H16N2O4S. The summed E-state index contributed by atoms with van der Waals surface area (Å²) in [7, 11) is -3.42. The predicted octanol–water partition coefficient (Wildman–Crippen LogP) is -0.489. The fourth-order valence-electron chi connectivity index (χ4n) is 1.42. The van der Waals surface area contributed by atoms with Gasteiger partial charge in [0, 0.05) is 6.42 Å². The van der Waals surface area contributed by atoms with Crippen molar-refractivity contribution < 1.29 is 18.0 Å². The standard InChI is InChI=1S/C9H16N2O4S/c1-2-3-6-16(14,15)11-7-4-5-8(12)10-9(7)13/h7,11H,2-6H2,1H3,(H,10,12,13). The minimum atomic E-state index is -3.42. The molecule has 6 nitrogen and oxygen atoms in total. The molecule has 0 spiro atoms. The summed E-state index contributed by atoms with van der Waals surface area (Å²) in [6.07, 6.45) is 1.74. The van der Waals surface area contributed by atoms with Crippen molar-refractivity contribution in [3.05, 3.63) is 0 Å². The minimum Gasteiger partial charge on any atom is -0.295 e. The van der Waals surface area contributed by atoms with Gasteiger partial charge in [0.15, 0.2) is 0 Å². The van der Waals surface area contributed by atoms with Crippen LogP contribution in [-0.4, -0.2) is 32.0 Å². The second-order valence-electron chi connectivity index (χ2n) is 3.79. The van der Waals surface area contributed by atoms with E-state index in [-0.39, 0.29) is 24.5 Å². The maximum Gasteiger partial charge on any atom is 0.244 e. The van der Waals surface area contributed by atoms with Gasteiger partial charge in [0.25, 0.3) is 0 Å². The van der Waals surface area contributed by atoms with Gasteiger partial charge >= 0.3 is 0 Å². The van der Waals surface area contributed by atoms with Crippen LogP contribution in [0.4, 0.5) is 0 Å². The fraction of sp³-hybridized carbons (Fsp3) is 0.778. The van der Waals surface area contributed by atoms with Crippen molar-refractivity contribution in [1.29, 1.82) is 0 Å². The van der Waals surface area contributed by atoms with Crippen LogP contribution < -0.4 is 10.0 Å². The largest absolute Gasteiger partial charge is 0.295 e. The third-order valence-electron chi connectivity index (χ3n) is 2.33. The molecule has 92 valence electrons. The van der Waals surface area contributed by atoms with Gasteiger partial charge in [-0.25, -0.2) is 13.1 Å². The lowest BCUT2D eigenvalue weighted by atomic mass is 10.1. The molecule has 0 bridgehead atoms. The lowest BCUT2D eigenvalue weighted by molar-refractivity contribution is -0.134. The van der Waals surface area contributed by atoms with Crippen molar-refractivity contribution in [1.82, 2.24) is 10.0 Å². The average Bonchev–Trinajstić information content (AvgIpc) is 2.19. The molecule has 0 aromatic rings. The molecule has 1 fully saturated rings. The van der Waals surface area contributed by atoms with Gasteiger partial charge < -0.3 is 0 Å². The van der Waals surface area contributed by atoms with E-state index >= 15 is 0 Å². The van der Waals surface area contributed by atoms with E-state index < -0.39 is 22.0 Å². The van der Waals surface area contributed by atoms with Crippen molar-refractivity contribution in [2.45, 2.75) is 38.6 Å². The number of rotatable bonds is 5. The summed E-state index contributed by atoms with van der Waals surface area (Å²) >= 11 is 0. The molecule has 1 rings (SSSR count). The molecule has 0 radical (unpaired) electrons. The molecule has 1 atom stereocenters. The van der Waals surface area contributed by atoms with Crippen LogP contribution in [0, 0.1) is 0 Å². The molecule has 1 unspecified atom stereocenters. The first-order valence-corrected chi connectivity index (χ1v) is 6.93. The number of hydrogen-bond donors (Lipinski definition) is 2. The van der Waals surface area contributed by atoms with Crippen LogP contribution in [0.5, 0.6) is 0 Å². The summed E-state index contributed by atoms with van der Waals surface area (Å²) in [5.74, 6) is -0.897. The lowest BCUT2D eigenvalue weighted by Crippen LogP contribution is -2.52. The summed E-state index contributed by atoms with van der Waals surface area (Å²) in [5.41, 5.74) is 0. The molecule has 0 aromatic heterocycles. The summed E-state index contributed by atoms with van der Waals surface area (Å²) in [4.78, 5) is 22.1. The molecule has 1 saturated heterocycles. The van der Waals surface area contributed by atoms with Gasteiger partial charge in [0.2, 0.25) is 21.8 Å². The van der Waals surface area contributed by atoms with E-state index in [1.165, 1.54) is 0 Å². The van der Waals surface area contributed by atoms with E-state index in [9.17, 15) is 18.0 Å². The molecule has 1 heterocycles. The number of carbonyl (C=O) groups excluding carboxylic acids is 2. The molecule has 16 heavy (non-hydrogen) atoms. The first-order chi connectivity index (χ1) is 7.44. The highest BCUT2D eigenvalue weighted by molar-refractivity contribution is 7.89. The van der Waals surface area contributed by atoms with Crippen molar-refractivity contribution in [3.63, 3.8) is 0 Å². The van der Waals surface area contributed by atoms with Gasteiger partial charge in [-0.05, 0) is 12.8 Å². The quantitative estimate of drug-likeness (QED) is 0.642. The lowest BCUT2D eigenvalue weighted by Gasteiger charge is -2.21. The Hall–Kier alpha value is -0.950. The zero-order valence-electron chi connectivity index (χ0n) is 9.15. The van der Waals surface area contributed by atoms with Gasteiger partial charge in [-0.15, -0.1) is 0 Å². The first kappa shape index (κ1) is 13.1. The van der Waals surface area contributed by atoms with Crippen LogP contribution >= 0.6 is 0 Å². The number of hydrogen-bond acceptors (Lipinski definition) is 4. The van der Waals surface area contributed by atoms with E-state index in [4.69, 9.17) is 0 Å². The predicted molar refractivity (Wildman–Crippen MR) is 58.0 cm³/mol. The van der Waals surface area contributed by atoms with Crippen molar-refractivity contribution in [2.24, 2.45) is 0 Å². The highest BCUT2D eigenvalue weighted by Crippen LogP contribution is 2.06. The van der Waals surface area contributed by atoms with Crippen LogP contribution in [0.2, 0.25) is 0 Å². The normalized spacial score (nSPS) is 21.9. The Morgan fingerprint density at radius 1 is 1.44 bits per heavy atom. The smallest absolute Gasteiger partial charge is 0.244 e. The highest BCUT2D eigenvalue weighted by atomic mass is 32.2. The monoisotopic (exact) mass is 248 g/mol. The molecule has 0 saturated carbocycles. The van der Waals surface area contributed by atoms with Gasteiger partial charge in [-0.3, -0.25) is 14.9 Å². The third-order valence-corrected chi connectivity index (χ3v) is 3.80. The van der Waals surface area contributed by atoms with Crippen LogP contribution in [0.15, 0.2) is 0 Å².